The number of nitrogens with two attached hydrogens (primary N) is 1. The summed E-state index contributed by atoms with van der Waals surface area (Å²) < 4.78 is 5.25. The summed E-state index contributed by atoms with van der Waals surface area (Å²) >= 11 is 12.0. The van der Waals surface area contributed by atoms with Gasteiger partial charge in [-0.2, -0.15) is 0 Å². The molecular weight excluding hydrogens is 411 g/mol. The quantitative estimate of drug-likeness (QED) is 0.504. The first-order chi connectivity index (χ1) is 13.8. The number of hydrogen-bond donors (Lipinski definition) is 3. The number of nitrogen functional groups attached to an aromatic ring is 1. The molecule has 2 aromatic rings. The molecule has 2 aromatic carbocycles. The van der Waals surface area contributed by atoms with Crippen LogP contribution in [0, 0.1) is 11.8 Å². The summed E-state index contributed by atoms with van der Waals surface area (Å²) in [5.41, 5.74) is 5.96. The number of benzene rings is 2. The second kappa shape index (κ2) is 8.96. The van der Waals surface area contributed by atoms with E-state index in [4.69, 9.17) is 33.7 Å². The Balaban J connectivity index is 1.73. The second-order valence-corrected chi connectivity index (χ2v) is 7.98. The van der Waals surface area contributed by atoms with Gasteiger partial charge in [0.25, 0.3) is 5.91 Å². The van der Waals surface area contributed by atoms with Gasteiger partial charge in [0.1, 0.15) is 11.4 Å². The Labute approximate surface area is 180 Å². The number of carbonyl (C=O) groups is 1. The van der Waals surface area contributed by atoms with Crippen molar-refractivity contribution in [3.05, 3.63) is 57.6 Å². The number of ether oxygens (including phenoxy) is 1. The highest BCUT2D eigenvalue weighted by Crippen LogP contribution is 2.31. The largest absolute Gasteiger partial charge is 0.496 e. The van der Waals surface area contributed by atoms with Gasteiger partial charge in [0, 0.05) is 29.1 Å². The lowest BCUT2D eigenvalue weighted by atomic mass is 9.82. The maximum absolute atomic E-state index is 12.8. The monoisotopic (exact) mass is 432 g/mol. The van der Waals surface area contributed by atoms with Crippen molar-refractivity contribution in [2.24, 2.45) is 0 Å². The molecule has 0 aliphatic heterocycles. The van der Waals surface area contributed by atoms with Crippen molar-refractivity contribution in [3.8, 4) is 17.6 Å². The van der Waals surface area contributed by atoms with E-state index in [1.54, 1.807) is 12.1 Å². The van der Waals surface area contributed by atoms with Crippen LogP contribution in [-0.2, 0) is 0 Å². The highest BCUT2D eigenvalue weighted by atomic mass is 35.5. The number of halogens is 2. The highest BCUT2D eigenvalue weighted by Gasteiger charge is 2.34. The minimum absolute atomic E-state index is 0.226. The molecule has 1 fully saturated rings. The maximum atomic E-state index is 12.8. The van der Waals surface area contributed by atoms with Gasteiger partial charge in [0.15, 0.2) is 0 Å². The molecule has 0 spiro atoms. The Bertz CT molecular complexity index is 984. The molecule has 29 heavy (non-hydrogen) atoms. The average molecular weight is 433 g/mol. The van der Waals surface area contributed by atoms with Crippen molar-refractivity contribution >= 4 is 34.8 Å². The maximum Gasteiger partial charge on any atom is 0.255 e. The molecule has 2 atom stereocenters. The minimum atomic E-state index is -1.18. The predicted octanol–water partition coefficient (Wildman–Crippen LogP) is 4.04. The molecule has 1 amide bonds. The van der Waals surface area contributed by atoms with E-state index in [2.05, 4.69) is 17.2 Å². The molecule has 1 aliphatic carbocycles. The molecule has 7 heteroatoms. The third-order valence-electron chi connectivity index (χ3n) is 4.89. The van der Waals surface area contributed by atoms with Gasteiger partial charge in [0.05, 0.1) is 23.4 Å². The number of anilines is 1. The van der Waals surface area contributed by atoms with Crippen LogP contribution in [-0.4, -0.2) is 29.8 Å². The average Bonchev–Trinajstić information content (AvgIpc) is 2.68. The number of hydrogen-bond acceptors (Lipinski definition) is 4. The molecule has 4 N–H and O–H groups in total. The van der Waals surface area contributed by atoms with Crippen LogP contribution in [0.5, 0.6) is 5.75 Å². The zero-order chi connectivity index (χ0) is 21.0. The van der Waals surface area contributed by atoms with Crippen molar-refractivity contribution in [3.63, 3.8) is 0 Å². The van der Waals surface area contributed by atoms with Crippen LogP contribution in [0.15, 0.2) is 36.4 Å². The van der Waals surface area contributed by atoms with Gasteiger partial charge in [0.2, 0.25) is 0 Å². The fraction of sp³-hybridized carbons (Fsp3) is 0.318. The fourth-order valence-corrected chi connectivity index (χ4v) is 3.78. The number of methoxy groups -OCH3 is 1. The van der Waals surface area contributed by atoms with Gasteiger partial charge in [-0.3, -0.25) is 4.79 Å². The Kier molecular flexibility index (Phi) is 6.59. The Morgan fingerprint density at radius 3 is 2.86 bits per heavy atom. The number of nitrogens with one attached hydrogen (secondary N) is 1. The topological polar surface area (TPSA) is 84.6 Å². The van der Waals surface area contributed by atoms with Crippen molar-refractivity contribution in [1.82, 2.24) is 5.32 Å². The first-order valence-corrected chi connectivity index (χ1v) is 10.0. The SMILES string of the molecule is COc1cc(N)c(Cl)cc1C(=O)N[C@H]1CCC[C@@](O)(C#Cc2cccc(Cl)c2)C1. The first-order valence-electron chi connectivity index (χ1n) is 9.25. The van der Waals surface area contributed by atoms with Gasteiger partial charge < -0.3 is 20.9 Å². The summed E-state index contributed by atoms with van der Waals surface area (Å²) in [6, 6.07) is 9.94. The number of rotatable bonds is 3. The summed E-state index contributed by atoms with van der Waals surface area (Å²) in [6.45, 7) is 0. The van der Waals surface area contributed by atoms with Crippen LogP contribution in [0.25, 0.3) is 0 Å². The first kappa shape index (κ1) is 21.3. The molecule has 1 aliphatic rings. The number of amides is 1. The zero-order valence-electron chi connectivity index (χ0n) is 16.0. The second-order valence-electron chi connectivity index (χ2n) is 7.13. The molecule has 0 unspecified atom stereocenters. The van der Waals surface area contributed by atoms with Crippen LogP contribution in [0.2, 0.25) is 10.0 Å². The Hall–Kier alpha value is -2.39. The van der Waals surface area contributed by atoms with Crippen LogP contribution in [0.1, 0.15) is 41.6 Å². The number of aliphatic hydroxyl groups is 1. The summed E-state index contributed by atoms with van der Waals surface area (Å²) in [5.74, 6) is 5.95. The third kappa shape index (κ3) is 5.36. The smallest absolute Gasteiger partial charge is 0.255 e. The summed E-state index contributed by atoms with van der Waals surface area (Å²) in [7, 11) is 1.46. The highest BCUT2D eigenvalue weighted by molar-refractivity contribution is 6.33. The van der Waals surface area contributed by atoms with Crippen molar-refractivity contribution < 1.29 is 14.6 Å². The lowest BCUT2D eigenvalue weighted by molar-refractivity contribution is 0.0452. The van der Waals surface area contributed by atoms with Crippen LogP contribution < -0.4 is 15.8 Å². The zero-order valence-corrected chi connectivity index (χ0v) is 17.5. The van der Waals surface area contributed by atoms with E-state index in [0.717, 1.165) is 18.4 Å². The molecular formula is C22H22Cl2N2O3. The molecule has 5 nitrogen and oxygen atoms in total. The van der Waals surface area contributed by atoms with Gasteiger partial charge in [-0.05, 0) is 43.5 Å². The van der Waals surface area contributed by atoms with Crippen molar-refractivity contribution in [1.29, 1.82) is 0 Å². The molecule has 152 valence electrons. The lowest BCUT2D eigenvalue weighted by Gasteiger charge is -2.33. The number of carbonyl (C=O) groups excluding carboxylic acids is 1. The van der Waals surface area contributed by atoms with E-state index in [1.165, 1.54) is 19.2 Å². The molecule has 0 radical (unpaired) electrons. The van der Waals surface area contributed by atoms with E-state index in [0.29, 0.717) is 34.9 Å². The summed E-state index contributed by atoms with van der Waals surface area (Å²) in [6.07, 6.45) is 2.37. The van der Waals surface area contributed by atoms with Crippen LogP contribution >= 0.6 is 23.2 Å². The Morgan fingerprint density at radius 1 is 1.34 bits per heavy atom. The molecule has 0 aromatic heterocycles. The van der Waals surface area contributed by atoms with E-state index in [-0.39, 0.29) is 17.0 Å². The van der Waals surface area contributed by atoms with Gasteiger partial charge in [-0.25, -0.2) is 0 Å². The van der Waals surface area contributed by atoms with E-state index < -0.39 is 5.60 Å². The molecule has 0 saturated heterocycles. The van der Waals surface area contributed by atoms with Gasteiger partial charge in [-0.1, -0.05) is 41.1 Å². The van der Waals surface area contributed by atoms with Gasteiger partial charge in [-0.15, -0.1) is 0 Å². The summed E-state index contributed by atoms with van der Waals surface area (Å²) in [4.78, 5) is 12.8. The van der Waals surface area contributed by atoms with Gasteiger partial charge >= 0.3 is 0 Å². The van der Waals surface area contributed by atoms with E-state index in [9.17, 15) is 9.90 Å². The van der Waals surface area contributed by atoms with E-state index >= 15 is 0 Å². The van der Waals surface area contributed by atoms with Crippen molar-refractivity contribution in [2.75, 3.05) is 12.8 Å². The molecule has 0 bridgehead atoms. The normalized spacial score (nSPS) is 21.0. The molecule has 1 saturated carbocycles. The molecule has 3 rings (SSSR count). The predicted molar refractivity (Wildman–Crippen MR) is 115 cm³/mol. The molecule has 0 heterocycles. The standard InChI is InChI=1S/C22H22Cl2N2O3/c1-29-20-12-19(25)18(24)11-17(20)21(27)26-16-6-3-8-22(28,13-16)9-7-14-4-2-5-15(23)10-14/h2,4-5,10-12,16,28H,3,6,8,13,25H2,1H3,(H,26,27)/t16-,22+/m0/s1. The van der Waals surface area contributed by atoms with Crippen LogP contribution in [0.4, 0.5) is 5.69 Å². The lowest BCUT2D eigenvalue weighted by Crippen LogP contribution is -2.45. The summed E-state index contributed by atoms with van der Waals surface area (Å²) in [5, 5.41) is 14.7. The Morgan fingerprint density at radius 2 is 2.14 bits per heavy atom. The third-order valence-corrected chi connectivity index (χ3v) is 5.45. The minimum Gasteiger partial charge on any atom is -0.496 e. The fourth-order valence-electron chi connectivity index (χ4n) is 3.42. The van der Waals surface area contributed by atoms with Crippen molar-refractivity contribution in [2.45, 2.75) is 37.3 Å². The van der Waals surface area contributed by atoms with Crippen LogP contribution in [0.3, 0.4) is 0 Å². The van der Waals surface area contributed by atoms with E-state index in [1.807, 2.05) is 12.1 Å².